The number of rotatable bonds is 3. The van der Waals surface area contributed by atoms with Crippen molar-refractivity contribution in [3.63, 3.8) is 0 Å². The smallest absolute Gasteiger partial charge is 0.259 e. The van der Waals surface area contributed by atoms with Gasteiger partial charge in [-0.05, 0) is 12.1 Å². The summed E-state index contributed by atoms with van der Waals surface area (Å²) in [6, 6.07) is 14.9. The molecular formula is C26H23N3O6. The van der Waals surface area contributed by atoms with E-state index in [0.717, 1.165) is 10.9 Å². The predicted molar refractivity (Wildman–Crippen MR) is 128 cm³/mol. The molecule has 2 aliphatic heterocycles. The number of nitrogens with zero attached hydrogens (tertiary/aromatic N) is 2. The van der Waals surface area contributed by atoms with Crippen molar-refractivity contribution >= 4 is 44.8 Å². The van der Waals surface area contributed by atoms with Gasteiger partial charge in [-0.1, -0.05) is 36.4 Å². The fourth-order valence-electron chi connectivity index (χ4n) is 5.16. The van der Waals surface area contributed by atoms with Gasteiger partial charge in [0.05, 0.1) is 23.3 Å². The van der Waals surface area contributed by atoms with Crippen LogP contribution >= 0.6 is 0 Å². The predicted octanol–water partition coefficient (Wildman–Crippen LogP) is 1.31. The van der Waals surface area contributed by atoms with Crippen LogP contribution in [0, 0.1) is 0 Å². The summed E-state index contributed by atoms with van der Waals surface area (Å²) in [5.41, 5.74) is 3.22. The van der Waals surface area contributed by atoms with Gasteiger partial charge in [0.15, 0.2) is 6.23 Å². The molecule has 2 aromatic heterocycles. The molecular weight excluding hydrogens is 450 g/mol. The molecule has 4 aromatic rings. The molecule has 0 unspecified atom stereocenters. The largest absolute Gasteiger partial charge is 0.388 e. The zero-order chi connectivity index (χ0) is 24.4. The van der Waals surface area contributed by atoms with E-state index in [2.05, 4.69) is 5.32 Å². The number of benzene rings is 2. The van der Waals surface area contributed by atoms with E-state index in [1.165, 1.54) is 0 Å². The molecule has 9 heteroatoms. The van der Waals surface area contributed by atoms with E-state index in [4.69, 9.17) is 4.74 Å². The number of carbonyl (C=O) groups excluding carboxylic acids is 2. The Balaban J connectivity index is 1.60. The van der Waals surface area contributed by atoms with Crippen molar-refractivity contribution in [2.45, 2.75) is 24.5 Å². The molecule has 0 aliphatic carbocycles. The lowest BCUT2D eigenvalue weighted by atomic mass is 9.95. The molecule has 178 valence electrons. The molecule has 9 nitrogen and oxygen atoms in total. The van der Waals surface area contributed by atoms with Gasteiger partial charge < -0.3 is 29.2 Å². The highest BCUT2D eigenvalue weighted by molar-refractivity contribution is 6.50. The Morgan fingerprint density at radius 3 is 2.09 bits per heavy atom. The first-order chi connectivity index (χ1) is 16.9. The topological polar surface area (TPSA) is 126 Å². The van der Waals surface area contributed by atoms with Crippen molar-refractivity contribution in [1.82, 2.24) is 14.5 Å². The average molecular weight is 473 g/mol. The molecule has 1 saturated heterocycles. The van der Waals surface area contributed by atoms with Crippen molar-refractivity contribution in [2.75, 3.05) is 6.61 Å². The van der Waals surface area contributed by atoms with Gasteiger partial charge in [-0.25, -0.2) is 0 Å². The highest BCUT2D eigenvalue weighted by atomic mass is 16.5. The zero-order valence-corrected chi connectivity index (χ0v) is 18.8. The van der Waals surface area contributed by atoms with Crippen LogP contribution in [-0.2, 0) is 21.4 Å². The highest BCUT2D eigenvalue weighted by Gasteiger charge is 2.40. The fourth-order valence-corrected chi connectivity index (χ4v) is 5.16. The Kier molecular flexibility index (Phi) is 4.90. The molecule has 6 rings (SSSR count). The van der Waals surface area contributed by atoms with Crippen molar-refractivity contribution in [3.05, 3.63) is 72.1 Å². The Bertz CT molecular complexity index is 1550. The first-order valence-electron chi connectivity index (χ1n) is 11.3. The monoisotopic (exact) mass is 473 g/mol. The van der Waals surface area contributed by atoms with Crippen molar-refractivity contribution in [3.8, 4) is 0 Å². The van der Waals surface area contributed by atoms with Gasteiger partial charge in [-0.15, -0.1) is 0 Å². The standard InChI is InChI=1S/C26H23N3O6/c1-28-10-15(13-6-2-4-8-17(13)28)20-21(25(34)27-24(20)33)16-11-29(18-9-5-3-7-14(16)18)26-23(32)22(31)19(30)12-35-26/h2-11,19,22-23,26,30-32H,12H2,1H3,(H,27,33,34)/t19-,22+,23-,26+/m1/s1. The van der Waals surface area contributed by atoms with Gasteiger partial charge in [-0.3, -0.25) is 14.9 Å². The Hall–Kier alpha value is -3.76. The molecule has 2 amide bonds. The van der Waals surface area contributed by atoms with E-state index in [1.807, 2.05) is 60.3 Å². The lowest BCUT2D eigenvalue weighted by molar-refractivity contribution is -0.209. The number of ether oxygens (including phenoxy) is 1. The summed E-state index contributed by atoms with van der Waals surface area (Å²) in [7, 11) is 1.88. The van der Waals surface area contributed by atoms with Crippen LogP contribution in [0.25, 0.3) is 33.0 Å². The van der Waals surface area contributed by atoms with Crippen LogP contribution in [0.3, 0.4) is 0 Å². The number of aliphatic hydroxyl groups is 3. The second-order valence-corrected chi connectivity index (χ2v) is 8.94. The van der Waals surface area contributed by atoms with E-state index in [0.29, 0.717) is 22.0 Å². The third-order valence-corrected chi connectivity index (χ3v) is 6.86. The molecule has 4 N–H and O–H groups in total. The summed E-state index contributed by atoms with van der Waals surface area (Å²) in [5.74, 6) is -0.993. The summed E-state index contributed by atoms with van der Waals surface area (Å²) in [5, 5.41) is 34.7. The molecule has 2 aliphatic rings. The number of amides is 2. The summed E-state index contributed by atoms with van der Waals surface area (Å²) < 4.78 is 9.22. The maximum Gasteiger partial charge on any atom is 0.259 e. The quantitative estimate of drug-likeness (QED) is 0.333. The normalized spacial score (nSPS) is 25.1. The van der Waals surface area contributed by atoms with E-state index in [9.17, 15) is 24.9 Å². The molecule has 35 heavy (non-hydrogen) atoms. The summed E-state index contributed by atoms with van der Waals surface area (Å²) in [6.07, 6.45) is -1.49. The number of fused-ring (bicyclic) bond motifs is 2. The van der Waals surface area contributed by atoms with Gasteiger partial charge >= 0.3 is 0 Å². The number of aromatic nitrogens is 2. The number of aliphatic hydroxyl groups excluding tert-OH is 3. The van der Waals surface area contributed by atoms with Gasteiger partial charge in [0.25, 0.3) is 11.8 Å². The van der Waals surface area contributed by atoms with Crippen LogP contribution in [0.4, 0.5) is 0 Å². The first kappa shape index (κ1) is 21.8. The molecule has 0 saturated carbocycles. The first-order valence-corrected chi connectivity index (χ1v) is 11.3. The average Bonchev–Trinajstić information content (AvgIpc) is 3.48. The van der Waals surface area contributed by atoms with Crippen molar-refractivity contribution < 1.29 is 29.6 Å². The van der Waals surface area contributed by atoms with Crippen LogP contribution in [-0.4, -0.2) is 61.2 Å². The number of hydrogen-bond donors (Lipinski definition) is 4. The van der Waals surface area contributed by atoms with Gasteiger partial charge in [0, 0.05) is 46.9 Å². The second-order valence-electron chi connectivity index (χ2n) is 8.94. The van der Waals surface area contributed by atoms with Gasteiger partial charge in [-0.2, -0.15) is 0 Å². The lowest BCUT2D eigenvalue weighted by Gasteiger charge is -2.36. The minimum Gasteiger partial charge on any atom is -0.388 e. The molecule has 0 spiro atoms. The Morgan fingerprint density at radius 1 is 0.829 bits per heavy atom. The number of aryl methyl sites for hydroxylation is 1. The van der Waals surface area contributed by atoms with Gasteiger partial charge in [0.1, 0.15) is 18.3 Å². The number of carbonyl (C=O) groups is 2. The minimum absolute atomic E-state index is 0.159. The van der Waals surface area contributed by atoms with Crippen LogP contribution in [0.15, 0.2) is 60.9 Å². The number of para-hydroxylation sites is 2. The third-order valence-electron chi connectivity index (χ3n) is 6.86. The summed E-state index contributed by atoms with van der Waals surface area (Å²) in [6.45, 7) is -0.159. The molecule has 4 atom stereocenters. The SMILES string of the molecule is Cn1cc(C2=C(c3cn([C@H]4OC[C@@H](O)[C@H](O)[C@H]4O)c4ccccc34)C(=O)NC2=O)c2ccccc21. The summed E-state index contributed by atoms with van der Waals surface area (Å²) >= 11 is 0. The van der Waals surface area contributed by atoms with Crippen molar-refractivity contribution in [1.29, 1.82) is 0 Å². The van der Waals surface area contributed by atoms with E-state index in [-0.39, 0.29) is 17.8 Å². The molecule has 2 aromatic carbocycles. The molecule has 0 bridgehead atoms. The third kappa shape index (κ3) is 3.17. The van der Waals surface area contributed by atoms with Crippen molar-refractivity contribution in [2.24, 2.45) is 7.05 Å². The number of nitrogens with one attached hydrogen (secondary N) is 1. The zero-order valence-electron chi connectivity index (χ0n) is 18.8. The fraction of sp³-hybridized carbons (Fsp3) is 0.231. The maximum absolute atomic E-state index is 13.1. The van der Waals surface area contributed by atoms with Crippen LogP contribution in [0.5, 0.6) is 0 Å². The minimum atomic E-state index is -1.40. The molecule has 1 fully saturated rings. The summed E-state index contributed by atoms with van der Waals surface area (Å²) in [4.78, 5) is 26.2. The van der Waals surface area contributed by atoms with E-state index >= 15 is 0 Å². The van der Waals surface area contributed by atoms with Crippen LogP contribution in [0.1, 0.15) is 17.4 Å². The van der Waals surface area contributed by atoms with E-state index in [1.54, 1.807) is 16.8 Å². The maximum atomic E-state index is 13.1. The Labute approximate surface area is 199 Å². The Morgan fingerprint density at radius 2 is 1.40 bits per heavy atom. The molecule has 0 radical (unpaired) electrons. The molecule has 4 heterocycles. The lowest BCUT2D eigenvalue weighted by Crippen LogP contribution is -2.50. The van der Waals surface area contributed by atoms with Crippen LogP contribution in [0.2, 0.25) is 0 Å². The van der Waals surface area contributed by atoms with Crippen LogP contribution < -0.4 is 5.32 Å². The number of hydrogen-bond acceptors (Lipinski definition) is 6. The number of imide groups is 1. The highest BCUT2D eigenvalue weighted by Crippen LogP contribution is 2.40. The second kappa shape index (κ2) is 7.89. The van der Waals surface area contributed by atoms with Gasteiger partial charge in [0.2, 0.25) is 0 Å². The van der Waals surface area contributed by atoms with E-state index < -0.39 is 36.4 Å².